The Morgan fingerprint density at radius 1 is 1.35 bits per heavy atom. The van der Waals surface area contributed by atoms with Crippen molar-refractivity contribution >= 4 is 5.69 Å². The number of hydrogen-bond acceptors (Lipinski definition) is 5. The first-order chi connectivity index (χ1) is 9.41. The molecule has 1 atom stereocenters. The lowest BCUT2D eigenvalue weighted by Crippen LogP contribution is -2.45. The Bertz CT molecular complexity index is 455. The Kier molecular flexibility index (Phi) is 4.52. The predicted molar refractivity (Wildman–Crippen MR) is 77.0 cm³/mol. The molecule has 0 radical (unpaired) electrons. The number of ether oxygens (including phenoxy) is 1. The van der Waals surface area contributed by atoms with Crippen molar-refractivity contribution in [1.29, 1.82) is 0 Å². The van der Waals surface area contributed by atoms with Crippen LogP contribution in [0, 0.1) is 0 Å². The fourth-order valence-corrected chi connectivity index (χ4v) is 2.57. The molecule has 1 aliphatic rings. The molecular weight excluding hydrogens is 258 g/mol. The van der Waals surface area contributed by atoms with E-state index in [0.29, 0.717) is 38.2 Å². The molecule has 0 aromatic heterocycles. The molecule has 1 heterocycles. The number of hydrogen-bond donors (Lipinski definition) is 3. The summed E-state index contributed by atoms with van der Waals surface area (Å²) in [4.78, 5) is 1.91. The zero-order valence-corrected chi connectivity index (χ0v) is 12.0. The van der Waals surface area contributed by atoms with Crippen molar-refractivity contribution in [2.45, 2.75) is 31.5 Å². The lowest BCUT2D eigenvalue weighted by atomic mass is 9.93. The minimum atomic E-state index is -0.744. The second-order valence-electron chi connectivity index (χ2n) is 5.61. The first-order valence-electron chi connectivity index (χ1n) is 6.93. The maximum atomic E-state index is 10.5. The molecule has 20 heavy (non-hydrogen) atoms. The number of phenols is 1. The number of phenolic OH excluding ortho intramolecular Hbond substituents is 1. The van der Waals surface area contributed by atoms with Crippen LogP contribution >= 0.6 is 0 Å². The maximum Gasteiger partial charge on any atom is 0.123 e. The highest BCUT2D eigenvalue weighted by atomic mass is 16.5. The monoisotopic (exact) mass is 281 g/mol. The molecule has 112 valence electrons. The van der Waals surface area contributed by atoms with Crippen molar-refractivity contribution in [3.63, 3.8) is 0 Å². The van der Waals surface area contributed by atoms with E-state index in [1.54, 1.807) is 19.1 Å². The van der Waals surface area contributed by atoms with E-state index in [-0.39, 0.29) is 5.75 Å². The first-order valence-corrected chi connectivity index (χ1v) is 6.93. The second-order valence-corrected chi connectivity index (χ2v) is 5.61. The fraction of sp³-hybridized carbons (Fsp3) is 0.600. The smallest absolute Gasteiger partial charge is 0.123 e. The van der Waals surface area contributed by atoms with E-state index in [4.69, 9.17) is 4.74 Å². The van der Waals surface area contributed by atoms with E-state index < -0.39 is 11.7 Å². The summed E-state index contributed by atoms with van der Waals surface area (Å²) in [7, 11) is 1.88. The summed E-state index contributed by atoms with van der Waals surface area (Å²) in [6, 6.07) is 5.16. The molecule has 1 unspecified atom stereocenters. The molecule has 1 aromatic rings. The molecule has 5 nitrogen and oxygen atoms in total. The van der Waals surface area contributed by atoms with E-state index in [1.165, 1.54) is 0 Å². The molecule has 5 heteroatoms. The molecule has 2 rings (SSSR count). The first kappa shape index (κ1) is 15.1. The van der Waals surface area contributed by atoms with Crippen LogP contribution in [-0.4, -0.2) is 47.7 Å². The molecule has 0 spiro atoms. The summed E-state index contributed by atoms with van der Waals surface area (Å²) >= 11 is 0. The van der Waals surface area contributed by atoms with Crippen molar-refractivity contribution in [3.8, 4) is 5.75 Å². The van der Waals surface area contributed by atoms with Crippen LogP contribution in [0.1, 0.15) is 31.4 Å². The minimum Gasteiger partial charge on any atom is -0.507 e. The van der Waals surface area contributed by atoms with Gasteiger partial charge in [-0.05, 0) is 13.0 Å². The third kappa shape index (κ3) is 3.42. The fourth-order valence-electron chi connectivity index (χ4n) is 2.57. The van der Waals surface area contributed by atoms with Crippen LogP contribution in [0.2, 0.25) is 0 Å². The number of nitrogens with zero attached hydrogens (tertiary/aromatic N) is 1. The van der Waals surface area contributed by atoms with Gasteiger partial charge in [0.2, 0.25) is 0 Å². The van der Waals surface area contributed by atoms with E-state index >= 15 is 0 Å². The number of anilines is 1. The van der Waals surface area contributed by atoms with Crippen LogP contribution < -0.4 is 4.90 Å². The molecule has 3 N–H and O–H groups in total. The number of aromatic hydroxyl groups is 1. The Hall–Kier alpha value is -1.30. The van der Waals surface area contributed by atoms with E-state index in [1.807, 2.05) is 18.0 Å². The average Bonchev–Trinajstić information content (AvgIpc) is 2.38. The summed E-state index contributed by atoms with van der Waals surface area (Å²) in [6.45, 7) is 3.26. The summed E-state index contributed by atoms with van der Waals surface area (Å²) in [5.74, 6) is 0.0725. The van der Waals surface area contributed by atoms with Crippen molar-refractivity contribution < 1.29 is 20.1 Å². The molecule has 0 aliphatic carbocycles. The van der Waals surface area contributed by atoms with E-state index in [0.717, 1.165) is 5.69 Å². The second kappa shape index (κ2) is 5.99. The molecule has 0 amide bonds. The quantitative estimate of drug-likeness (QED) is 0.778. The third-order valence-electron chi connectivity index (χ3n) is 3.86. The summed E-state index contributed by atoms with van der Waals surface area (Å²) in [5, 5.41) is 29.9. The number of aliphatic hydroxyl groups excluding tert-OH is 1. The molecule has 1 fully saturated rings. The highest BCUT2D eigenvalue weighted by molar-refractivity contribution is 5.53. The lowest BCUT2D eigenvalue weighted by molar-refractivity contribution is -0.0572. The van der Waals surface area contributed by atoms with Crippen molar-refractivity contribution in [2.75, 3.05) is 31.7 Å². The van der Waals surface area contributed by atoms with Crippen molar-refractivity contribution in [2.24, 2.45) is 0 Å². The average molecular weight is 281 g/mol. The topological polar surface area (TPSA) is 73.2 Å². The Morgan fingerprint density at radius 2 is 2.00 bits per heavy atom. The molecule has 1 saturated heterocycles. The van der Waals surface area contributed by atoms with E-state index in [2.05, 4.69) is 0 Å². The van der Waals surface area contributed by atoms with Gasteiger partial charge in [-0.25, -0.2) is 0 Å². The molecule has 0 bridgehead atoms. The number of benzene rings is 1. The maximum absolute atomic E-state index is 10.5. The van der Waals surface area contributed by atoms with Crippen LogP contribution in [0.5, 0.6) is 5.75 Å². The minimum absolute atomic E-state index is 0.0725. The number of aliphatic hydroxyl groups is 2. The summed E-state index contributed by atoms with van der Waals surface area (Å²) in [6.07, 6.45) is 0.540. The van der Waals surface area contributed by atoms with Crippen LogP contribution in [0.25, 0.3) is 0 Å². The van der Waals surface area contributed by atoms with Gasteiger partial charge in [-0.3, -0.25) is 0 Å². The SMILES string of the molecule is CC(O)c1ccc(N(C)CC2(O)CCOCC2)cc1O. The molecular formula is C15H23NO4. The van der Waals surface area contributed by atoms with Gasteiger partial charge >= 0.3 is 0 Å². The predicted octanol–water partition coefficient (Wildman–Crippen LogP) is 1.42. The summed E-state index contributed by atoms with van der Waals surface area (Å²) < 4.78 is 5.27. The van der Waals surface area contributed by atoms with Gasteiger partial charge in [-0.1, -0.05) is 6.07 Å². The largest absolute Gasteiger partial charge is 0.507 e. The third-order valence-corrected chi connectivity index (χ3v) is 3.86. The van der Waals surface area contributed by atoms with Gasteiger partial charge in [0.1, 0.15) is 5.75 Å². The molecule has 1 aliphatic heterocycles. The normalized spacial score (nSPS) is 19.6. The Morgan fingerprint density at radius 3 is 2.55 bits per heavy atom. The van der Waals surface area contributed by atoms with Crippen LogP contribution in [-0.2, 0) is 4.74 Å². The number of likely N-dealkylation sites (N-methyl/N-ethyl adjacent to an activating group) is 1. The van der Waals surface area contributed by atoms with Crippen LogP contribution in [0.3, 0.4) is 0 Å². The van der Waals surface area contributed by atoms with Crippen molar-refractivity contribution in [1.82, 2.24) is 0 Å². The van der Waals surface area contributed by atoms with E-state index in [9.17, 15) is 15.3 Å². The van der Waals surface area contributed by atoms with Gasteiger partial charge < -0.3 is 25.0 Å². The number of rotatable bonds is 4. The Balaban J connectivity index is 2.09. The standard InChI is InChI=1S/C15H23NO4/c1-11(17)13-4-3-12(9-14(13)18)16(2)10-15(19)5-7-20-8-6-15/h3-4,9,11,17-19H,5-8,10H2,1-2H3. The molecule has 1 aromatic carbocycles. The van der Waals surface area contributed by atoms with Gasteiger partial charge in [0.05, 0.1) is 11.7 Å². The lowest BCUT2D eigenvalue weighted by Gasteiger charge is -2.36. The van der Waals surface area contributed by atoms with Crippen LogP contribution in [0.4, 0.5) is 5.69 Å². The Labute approximate surface area is 119 Å². The van der Waals surface area contributed by atoms with Crippen molar-refractivity contribution in [3.05, 3.63) is 23.8 Å². The summed E-state index contributed by atoms with van der Waals surface area (Å²) in [5.41, 5.74) is 0.574. The van der Waals surface area contributed by atoms with Gasteiger partial charge in [0.25, 0.3) is 0 Å². The van der Waals surface area contributed by atoms with Gasteiger partial charge in [-0.2, -0.15) is 0 Å². The van der Waals surface area contributed by atoms with Gasteiger partial charge in [0.15, 0.2) is 0 Å². The highest BCUT2D eigenvalue weighted by Gasteiger charge is 2.31. The zero-order chi connectivity index (χ0) is 14.8. The molecule has 0 saturated carbocycles. The van der Waals surface area contributed by atoms with Crippen LogP contribution in [0.15, 0.2) is 18.2 Å². The van der Waals surface area contributed by atoms with Gasteiger partial charge in [-0.15, -0.1) is 0 Å². The van der Waals surface area contributed by atoms with Gasteiger partial charge in [0, 0.05) is 57.0 Å². The highest BCUT2D eigenvalue weighted by Crippen LogP contribution is 2.30. The zero-order valence-electron chi connectivity index (χ0n) is 12.0.